The van der Waals surface area contributed by atoms with Gasteiger partial charge < -0.3 is 0 Å². The van der Waals surface area contributed by atoms with Crippen LogP contribution in [0.2, 0.25) is 0 Å². The topological polar surface area (TPSA) is 17.1 Å². The van der Waals surface area contributed by atoms with Gasteiger partial charge in [0.05, 0.1) is 0 Å². The third kappa shape index (κ3) is 2.54. The van der Waals surface area contributed by atoms with Crippen molar-refractivity contribution in [3.05, 3.63) is 80.9 Å². The summed E-state index contributed by atoms with van der Waals surface area (Å²) in [4.78, 5) is 13.3. The highest BCUT2D eigenvalue weighted by Crippen LogP contribution is 2.41. The average molecular weight is 316 g/mol. The summed E-state index contributed by atoms with van der Waals surface area (Å²) in [6.45, 7) is 12.5. The number of allylic oxidation sites excluding steroid dienone is 4. The molecule has 0 heterocycles. The van der Waals surface area contributed by atoms with E-state index in [1.807, 2.05) is 0 Å². The first-order chi connectivity index (χ1) is 11.3. The maximum Gasteiger partial charge on any atom is 0.194 e. The Morgan fingerprint density at radius 1 is 0.583 bits per heavy atom. The Morgan fingerprint density at radius 3 is 1.29 bits per heavy atom. The second-order valence-electron chi connectivity index (χ2n) is 6.97. The van der Waals surface area contributed by atoms with Gasteiger partial charge in [0.25, 0.3) is 0 Å². The minimum atomic E-state index is 0.156. The molecule has 3 rings (SSSR count). The highest BCUT2D eigenvalue weighted by atomic mass is 16.1. The van der Waals surface area contributed by atoms with Crippen LogP contribution in [0.4, 0.5) is 0 Å². The van der Waals surface area contributed by atoms with Gasteiger partial charge in [0.15, 0.2) is 5.78 Å². The van der Waals surface area contributed by atoms with E-state index in [-0.39, 0.29) is 5.78 Å². The SMILES string of the molecule is CC1=C(c2ccc(C)cc2C)C(=O)C(c2ccc(C)cc2C)=C1C. The molecule has 1 heteroatoms. The van der Waals surface area contributed by atoms with Crippen LogP contribution in [0.3, 0.4) is 0 Å². The van der Waals surface area contributed by atoms with Gasteiger partial charge >= 0.3 is 0 Å². The van der Waals surface area contributed by atoms with E-state index in [4.69, 9.17) is 0 Å². The van der Waals surface area contributed by atoms with Gasteiger partial charge in [-0.25, -0.2) is 0 Å². The monoisotopic (exact) mass is 316 g/mol. The van der Waals surface area contributed by atoms with Crippen molar-refractivity contribution in [3.63, 3.8) is 0 Å². The van der Waals surface area contributed by atoms with Crippen LogP contribution in [0, 0.1) is 27.7 Å². The molecule has 1 aliphatic rings. The number of hydrogen-bond donors (Lipinski definition) is 0. The Balaban J connectivity index is 2.14. The summed E-state index contributed by atoms with van der Waals surface area (Å²) in [7, 11) is 0. The van der Waals surface area contributed by atoms with E-state index < -0.39 is 0 Å². The Labute approximate surface area is 144 Å². The van der Waals surface area contributed by atoms with E-state index in [1.165, 1.54) is 11.1 Å². The number of carbonyl (C=O) groups excluding carboxylic acids is 1. The van der Waals surface area contributed by atoms with Gasteiger partial charge in [-0.1, -0.05) is 47.5 Å². The van der Waals surface area contributed by atoms with Crippen LogP contribution in [0.15, 0.2) is 47.5 Å². The van der Waals surface area contributed by atoms with Gasteiger partial charge in [-0.15, -0.1) is 0 Å². The molecule has 1 nitrogen and oxygen atoms in total. The van der Waals surface area contributed by atoms with E-state index in [0.29, 0.717) is 0 Å². The maximum atomic E-state index is 13.3. The molecule has 2 aromatic carbocycles. The van der Waals surface area contributed by atoms with Crippen LogP contribution < -0.4 is 0 Å². The summed E-state index contributed by atoms with van der Waals surface area (Å²) >= 11 is 0. The van der Waals surface area contributed by atoms with Crippen molar-refractivity contribution in [2.45, 2.75) is 41.5 Å². The molecule has 0 amide bonds. The number of Topliss-reactive ketones (excluding diaryl/α,β-unsaturated/α-hetero) is 1. The van der Waals surface area contributed by atoms with Crippen LogP contribution in [-0.4, -0.2) is 5.78 Å². The third-order valence-electron chi connectivity index (χ3n) is 5.07. The maximum absolute atomic E-state index is 13.3. The van der Waals surface area contributed by atoms with Crippen molar-refractivity contribution >= 4 is 16.9 Å². The predicted molar refractivity (Wildman–Crippen MR) is 102 cm³/mol. The molecule has 0 saturated carbocycles. The van der Waals surface area contributed by atoms with Gasteiger partial charge in [-0.3, -0.25) is 4.79 Å². The van der Waals surface area contributed by atoms with Crippen LogP contribution in [0.1, 0.15) is 47.2 Å². The minimum Gasteiger partial charge on any atom is -0.289 e. The zero-order valence-corrected chi connectivity index (χ0v) is 15.4. The normalized spacial score (nSPS) is 14.8. The molecule has 0 aromatic heterocycles. The standard InChI is InChI=1S/C23H24O/c1-13-7-9-19(15(3)11-13)21-17(5)18(6)22(23(21)24)20-10-8-14(2)12-16(20)4/h7-12H,1-6H3. The Morgan fingerprint density at radius 2 is 0.958 bits per heavy atom. The highest BCUT2D eigenvalue weighted by molar-refractivity contribution is 6.47. The van der Waals surface area contributed by atoms with Gasteiger partial charge in [-0.2, -0.15) is 0 Å². The fraction of sp³-hybridized carbons (Fsp3) is 0.261. The number of hydrogen-bond acceptors (Lipinski definition) is 1. The van der Waals surface area contributed by atoms with Crippen molar-refractivity contribution in [1.29, 1.82) is 0 Å². The fourth-order valence-electron chi connectivity index (χ4n) is 3.68. The molecule has 0 unspecified atom stereocenters. The molecule has 24 heavy (non-hydrogen) atoms. The first kappa shape index (κ1) is 16.4. The largest absolute Gasteiger partial charge is 0.289 e. The third-order valence-corrected chi connectivity index (χ3v) is 5.07. The zero-order chi connectivity index (χ0) is 17.6. The van der Waals surface area contributed by atoms with Crippen molar-refractivity contribution in [1.82, 2.24) is 0 Å². The summed E-state index contributed by atoms with van der Waals surface area (Å²) in [6.07, 6.45) is 0. The van der Waals surface area contributed by atoms with Crippen LogP contribution in [0.5, 0.6) is 0 Å². The first-order valence-electron chi connectivity index (χ1n) is 8.43. The second kappa shape index (κ2) is 5.90. The number of ketones is 1. The molecule has 0 bridgehead atoms. The lowest BCUT2D eigenvalue weighted by atomic mass is 9.91. The Kier molecular flexibility index (Phi) is 4.04. The lowest BCUT2D eigenvalue weighted by Gasteiger charge is -2.11. The molecule has 0 atom stereocenters. The lowest BCUT2D eigenvalue weighted by Crippen LogP contribution is -2.04. The fourth-order valence-corrected chi connectivity index (χ4v) is 3.68. The summed E-state index contributed by atoms with van der Waals surface area (Å²) in [6, 6.07) is 12.6. The van der Waals surface area contributed by atoms with Crippen molar-refractivity contribution < 1.29 is 4.79 Å². The molecule has 122 valence electrons. The average Bonchev–Trinajstić information content (AvgIpc) is 2.71. The molecule has 0 spiro atoms. The van der Waals surface area contributed by atoms with Gasteiger partial charge in [0, 0.05) is 11.1 Å². The number of aryl methyl sites for hydroxylation is 4. The molecule has 0 radical (unpaired) electrons. The van der Waals surface area contributed by atoms with Crippen molar-refractivity contribution in [3.8, 4) is 0 Å². The lowest BCUT2D eigenvalue weighted by molar-refractivity contribution is -0.108. The van der Waals surface area contributed by atoms with E-state index in [1.54, 1.807) is 0 Å². The smallest absolute Gasteiger partial charge is 0.194 e. The van der Waals surface area contributed by atoms with E-state index in [0.717, 1.165) is 44.5 Å². The molecule has 0 N–H and O–H groups in total. The number of benzene rings is 2. The molecule has 1 aliphatic carbocycles. The summed E-state index contributed by atoms with van der Waals surface area (Å²) in [5.41, 5.74) is 10.8. The zero-order valence-electron chi connectivity index (χ0n) is 15.4. The van der Waals surface area contributed by atoms with Gasteiger partial charge in [0.1, 0.15) is 0 Å². The minimum absolute atomic E-state index is 0.156. The summed E-state index contributed by atoms with van der Waals surface area (Å²) in [5, 5.41) is 0. The second-order valence-corrected chi connectivity index (χ2v) is 6.97. The predicted octanol–water partition coefficient (Wildman–Crippen LogP) is 5.75. The highest BCUT2D eigenvalue weighted by Gasteiger charge is 2.31. The van der Waals surface area contributed by atoms with E-state index in [2.05, 4.69) is 77.9 Å². The molecule has 0 saturated heterocycles. The molecular formula is C23H24O. The number of carbonyl (C=O) groups is 1. The summed E-state index contributed by atoms with van der Waals surface area (Å²) in [5.74, 6) is 0.156. The van der Waals surface area contributed by atoms with Crippen LogP contribution >= 0.6 is 0 Å². The first-order valence-corrected chi connectivity index (χ1v) is 8.43. The molecular weight excluding hydrogens is 292 g/mol. The van der Waals surface area contributed by atoms with E-state index >= 15 is 0 Å². The quantitative estimate of drug-likeness (QED) is 0.689. The molecule has 0 fully saturated rings. The summed E-state index contributed by atoms with van der Waals surface area (Å²) < 4.78 is 0. The van der Waals surface area contributed by atoms with Gasteiger partial charge in [0.2, 0.25) is 0 Å². The molecule has 2 aromatic rings. The van der Waals surface area contributed by atoms with E-state index in [9.17, 15) is 4.79 Å². The van der Waals surface area contributed by atoms with Crippen molar-refractivity contribution in [2.75, 3.05) is 0 Å². The van der Waals surface area contributed by atoms with Crippen LogP contribution in [0.25, 0.3) is 11.1 Å². The Bertz CT molecular complexity index is 848. The molecule has 0 aliphatic heterocycles. The number of rotatable bonds is 2. The Hall–Kier alpha value is -2.41. The van der Waals surface area contributed by atoms with Crippen molar-refractivity contribution in [2.24, 2.45) is 0 Å². The van der Waals surface area contributed by atoms with Gasteiger partial charge in [-0.05, 0) is 74.9 Å². The van der Waals surface area contributed by atoms with Crippen LogP contribution in [-0.2, 0) is 4.79 Å².